The van der Waals surface area contributed by atoms with Gasteiger partial charge in [-0.3, -0.25) is 15.0 Å². The van der Waals surface area contributed by atoms with Crippen LogP contribution in [0.4, 0.5) is 29.6 Å². The standard InChI is InChI=1S/C22H18F3N5O3/c1-33-20-26-10-9-18(28-20)29-21(32)30-11-3-6-17(31)15-7-8-16(27-19(15)30)13-4-2-5-14(12-13)22(23,24)25/h2,4-5,7-10,12H,3,6,11H2,1H3,(H,26,28,29,32). The molecule has 0 saturated carbocycles. The number of hydrogen-bond donors (Lipinski definition) is 1. The van der Waals surface area contributed by atoms with Crippen LogP contribution < -0.4 is 15.0 Å². The molecule has 2 amide bonds. The Labute approximate surface area is 186 Å². The average Bonchev–Trinajstić information content (AvgIpc) is 2.97. The van der Waals surface area contributed by atoms with Crippen molar-refractivity contribution >= 4 is 23.5 Å². The first-order valence-electron chi connectivity index (χ1n) is 9.93. The number of halogens is 3. The molecule has 1 aliphatic rings. The van der Waals surface area contributed by atoms with Gasteiger partial charge in [0.05, 0.1) is 23.9 Å². The van der Waals surface area contributed by atoms with Gasteiger partial charge < -0.3 is 4.74 Å². The Morgan fingerprint density at radius 2 is 1.97 bits per heavy atom. The molecule has 3 aromatic rings. The fourth-order valence-electron chi connectivity index (χ4n) is 3.41. The van der Waals surface area contributed by atoms with Gasteiger partial charge in [-0.15, -0.1) is 0 Å². The van der Waals surface area contributed by atoms with Crippen LogP contribution in [-0.4, -0.2) is 40.4 Å². The number of hydrogen-bond acceptors (Lipinski definition) is 6. The van der Waals surface area contributed by atoms with E-state index in [4.69, 9.17) is 4.74 Å². The molecule has 0 fully saturated rings. The highest BCUT2D eigenvalue weighted by molar-refractivity contribution is 6.08. The lowest BCUT2D eigenvalue weighted by Gasteiger charge is -2.22. The number of ketones is 1. The Morgan fingerprint density at radius 1 is 1.15 bits per heavy atom. The Morgan fingerprint density at radius 3 is 2.73 bits per heavy atom. The topological polar surface area (TPSA) is 97.3 Å². The highest BCUT2D eigenvalue weighted by Gasteiger charge is 2.31. The zero-order valence-electron chi connectivity index (χ0n) is 17.4. The van der Waals surface area contributed by atoms with Crippen molar-refractivity contribution in [2.75, 3.05) is 23.9 Å². The van der Waals surface area contributed by atoms with E-state index in [1.165, 1.54) is 48.5 Å². The highest BCUT2D eigenvalue weighted by Crippen LogP contribution is 2.33. The van der Waals surface area contributed by atoms with Gasteiger partial charge in [0, 0.05) is 24.7 Å². The summed E-state index contributed by atoms with van der Waals surface area (Å²) < 4.78 is 44.4. The van der Waals surface area contributed by atoms with Gasteiger partial charge in [0.2, 0.25) is 0 Å². The predicted molar refractivity (Wildman–Crippen MR) is 113 cm³/mol. The second kappa shape index (κ2) is 8.85. The van der Waals surface area contributed by atoms with E-state index in [-0.39, 0.29) is 53.2 Å². The molecule has 3 heterocycles. The fraction of sp³-hybridized carbons (Fsp3) is 0.227. The molecule has 33 heavy (non-hydrogen) atoms. The predicted octanol–water partition coefficient (Wildman–Crippen LogP) is 4.58. The molecule has 0 unspecified atom stereocenters. The highest BCUT2D eigenvalue weighted by atomic mass is 19.4. The van der Waals surface area contributed by atoms with E-state index in [0.29, 0.717) is 6.42 Å². The van der Waals surface area contributed by atoms with Gasteiger partial charge in [-0.1, -0.05) is 12.1 Å². The van der Waals surface area contributed by atoms with Crippen LogP contribution in [0, 0.1) is 0 Å². The van der Waals surface area contributed by atoms with Gasteiger partial charge in [-0.25, -0.2) is 14.8 Å². The summed E-state index contributed by atoms with van der Waals surface area (Å²) in [5.41, 5.74) is -0.181. The number of anilines is 2. The van der Waals surface area contributed by atoms with Gasteiger partial charge in [0.25, 0.3) is 0 Å². The number of pyridine rings is 1. The van der Waals surface area contributed by atoms with E-state index in [0.717, 1.165) is 12.1 Å². The van der Waals surface area contributed by atoms with Crippen LogP contribution in [-0.2, 0) is 6.18 Å². The summed E-state index contributed by atoms with van der Waals surface area (Å²) in [6.07, 6.45) is -2.50. The smallest absolute Gasteiger partial charge is 0.416 e. The number of rotatable bonds is 3. The monoisotopic (exact) mass is 457 g/mol. The largest absolute Gasteiger partial charge is 0.467 e. The lowest BCUT2D eigenvalue weighted by Crippen LogP contribution is -2.36. The number of nitrogens with zero attached hydrogens (tertiary/aromatic N) is 4. The first-order valence-corrected chi connectivity index (χ1v) is 9.93. The molecule has 2 aromatic heterocycles. The van der Waals surface area contributed by atoms with Gasteiger partial charge in [0.1, 0.15) is 11.6 Å². The van der Waals surface area contributed by atoms with Crippen molar-refractivity contribution in [1.29, 1.82) is 0 Å². The second-order valence-electron chi connectivity index (χ2n) is 7.18. The quantitative estimate of drug-likeness (QED) is 0.618. The van der Waals surface area contributed by atoms with Crippen molar-refractivity contribution in [3.05, 3.63) is 59.8 Å². The summed E-state index contributed by atoms with van der Waals surface area (Å²) in [6.45, 7) is 0.186. The molecule has 8 nitrogen and oxygen atoms in total. The summed E-state index contributed by atoms with van der Waals surface area (Å²) in [4.78, 5) is 39.2. The zero-order valence-corrected chi connectivity index (χ0v) is 17.4. The number of benzene rings is 1. The van der Waals surface area contributed by atoms with E-state index in [9.17, 15) is 22.8 Å². The lowest BCUT2D eigenvalue weighted by atomic mass is 10.0. The normalized spacial score (nSPS) is 13.8. The van der Waals surface area contributed by atoms with Crippen molar-refractivity contribution in [3.63, 3.8) is 0 Å². The number of carbonyl (C=O) groups excluding carboxylic acids is 2. The summed E-state index contributed by atoms with van der Waals surface area (Å²) in [7, 11) is 1.39. The number of alkyl halides is 3. The van der Waals surface area contributed by atoms with Crippen molar-refractivity contribution in [2.45, 2.75) is 19.0 Å². The number of Topliss-reactive ketones (excluding diaryl/α,β-unsaturated/α-hetero) is 1. The molecular weight excluding hydrogens is 439 g/mol. The summed E-state index contributed by atoms with van der Waals surface area (Å²) >= 11 is 0. The molecule has 0 radical (unpaired) electrons. The lowest BCUT2D eigenvalue weighted by molar-refractivity contribution is -0.137. The summed E-state index contributed by atoms with van der Waals surface area (Å²) in [5.74, 6) is 0.0519. The molecular formula is C22H18F3N5O3. The van der Waals surface area contributed by atoms with E-state index in [1.54, 1.807) is 0 Å². The molecule has 0 atom stereocenters. The molecule has 4 rings (SSSR count). The van der Waals surface area contributed by atoms with E-state index in [2.05, 4.69) is 20.3 Å². The van der Waals surface area contributed by atoms with Gasteiger partial charge in [-0.2, -0.15) is 18.2 Å². The first-order chi connectivity index (χ1) is 15.8. The van der Waals surface area contributed by atoms with Crippen molar-refractivity contribution in [2.24, 2.45) is 0 Å². The number of carbonyl (C=O) groups is 2. The van der Waals surface area contributed by atoms with Crippen LogP contribution in [0.15, 0.2) is 48.7 Å². The van der Waals surface area contributed by atoms with Gasteiger partial charge in [0.15, 0.2) is 5.78 Å². The van der Waals surface area contributed by atoms with Crippen LogP contribution in [0.1, 0.15) is 28.8 Å². The third-order valence-electron chi connectivity index (χ3n) is 5.00. The Bertz CT molecular complexity index is 1220. The number of fused-ring (bicyclic) bond motifs is 1. The summed E-state index contributed by atoms with van der Waals surface area (Å²) in [6, 6.07) is 8.60. The number of amides is 2. The maximum atomic E-state index is 13.1. The molecule has 0 aliphatic carbocycles. The molecule has 0 saturated heterocycles. The maximum Gasteiger partial charge on any atom is 0.416 e. The number of aromatic nitrogens is 3. The molecule has 170 valence electrons. The SMILES string of the molecule is COc1nccc(NC(=O)N2CCCC(=O)c3ccc(-c4cccc(C(F)(F)F)c4)nc32)n1. The molecule has 0 bridgehead atoms. The second-order valence-corrected chi connectivity index (χ2v) is 7.18. The minimum Gasteiger partial charge on any atom is -0.467 e. The minimum absolute atomic E-state index is 0.0594. The first kappa shape index (κ1) is 22.2. The van der Waals surface area contributed by atoms with Crippen molar-refractivity contribution in [3.8, 4) is 17.3 Å². The Balaban J connectivity index is 1.71. The van der Waals surface area contributed by atoms with Crippen LogP contribution in [0.5, 0.6) is 6.01 Å². The maximum absolute atomic E-state index is 13.1. The number of ether oxygens (including phenoxy) is 1. The third kappa shape index (κ3) is 4.76. The number of methoxy groups -OCH3 is 1. The van der Waals surface area contributed by atoms with Gasteiger partial charge in [-0.05, 0) is 36.8 Å². The molecule has 1 aromatic carbocycles. The van der Waals surface area contributed by atoms with Crippen LogP contribution >= 0.6 is 0 Å². The van der Waals surface area contributed by atoms with Crippen LogP contribution in [0.2, 0.25) is 0 Å². The fourth-order valence-corrected chi connectivity index (χ4v) is 3.41. The zero-order chi connectivity index (χ0) is 23.6. The van der Waals surface area contributed by atoms with E-state index < -0.39 is 17.8 Å². The summed E-state index contributed by atoms with van der Waals surface area (Å²) in [5, 5.41) is 2.61. The number of urea groups is 1. The Kier molecular flexibility index (Phi) is 5.95. The van der Waals surface area contributed by atoms with E-state index >= 15 is 0 Å². The minimum atomic E-state index is -4.51. The van der Waals surface area contributed by atoms with Crippen LogP contribution in [0.3, 0.4) is 0 Å². The van der Waals surface area contributed by atoms with Gasteiger partial charge >= 0.3 is 18.2 Å². The molecule has 11 heteroatoms. The number of nitrogens with one attached hydrogen (secondary N) is 1. The van der Waals surface area contributed by atoms with E-state index in [1.807, 2.05) is 0 Å². The third-order valence-corrected chi connectivity index (χ3v) is 5.00. The molecule has 1 aliphatic heterocycles. The van der Waals surface area contributed by atoms with Crippen molar-refractivity contribution in [1.82, 2.24) is 15.0 Å². The molecule has 0 spiro atoms. The van der Waals surface area contributed by atoms with Crippen LogP contribution in [0.25, 0.3) is 11.3 Å². The van der Waals surface area contributed by atoms with Crippen molar-refractivity contribution < 1.29 is 27.5 Å². The Hall–Kier alpha value is -4.02. The average molecular weight is 457 g/mol. The molecule has 1 N–H and O–H groups in total.